The molecule has 2 unspecified atom stereocenters. The van der Waals surface area contributed by atoms with E-state index in [1.165, 1.54) is 0 Å². The second-order valence-electron chi connectivity index (χ2n) is 4.98. The monoisotopic (exact) mass is 245 g/mol. The lowest BCUT2D eigenvalue weighted by Gasteiger charge is -2.18. The zero-order chi connectivity index (χ0) is 12.7. The number of ether oxygens (including phenoxy) is 2. The highest BCUT2D eigenvalue weighted by molar-refractivity contribution is 5.77. The van der Waals surface area contributed by atoms with Crippen molar-refractivity contribution in [1.82, 2.24) is 0 Å². The lowest BCUT2D eigenvalue weighted by atomic mass is 9.97. The molecule has 3 N–H and O–H groups in total. The summed E-state index contributed by atoms with van der Waals surface area (Å²) in [5, 5.41) is 8.82. The quantitative estimate of drug-likeness (QED) is 0.624. The maximum atomic E-state index is 10.7. The average molecular weight is 245 g/mol. The minimum Gasteiger partial charge on any atom is -0.480 e. The fraction of sp³-hybridized carbons (Fsp3) is 0.917. The molecule has 2 atom stereocenters. The van der Waals surface area contributed by atoms with E-state index in [-0.39, 0.29) is 0 Å². The van der Waals surface area contributed by atoms with E-state index in [0.29, 0.717) is 18.9 Å². The maximum Gasteiger partial charge on any atom is 0.323 e. The van der Waals surface area contributed by atoms with Crippen LogP contribution in [0.2, 0.25) is 0 Å². The van der Waals surface area contributed by atoms with Crippen molar-refractivity contribution in [2.24, 2.45) is 11.7 Å². The molecule has 5 nitrogen and oxygen atoms in total. The van der Waals surface area contributed by atoms with Crippen LogP contribution in [0, 0.1) is 5.92 Å². The van der Waals surface area contributed by atoms with Gasteiger partial charge in [-0.1, -0.05) is 0 Å². The van der Waals surface area contributed by atoms with Crippen LogP contribution < -0.4 is 5.73 Å². The molecule has 0 amide bonds. The number of carbonyl (C=O) groups is 1. The van der Waals surface area contributed by atoms with Crippen molar-refractivity contribution >= 4 is 5.97 Å². The third-order valence-electron chi connectivity index (χ3n) is 3.10. The number of rotatable bonds is 8. The van der Waals surface area contributed by atoms with Crippen molar-refractivity contribution in [2.45, 2.75) is 38.1 Å². The molecular weight excluding hydrogens is 222 g/mol. The van der Waals surface area contributed by atoms with Gasteiger partial charge in [-0.3, -0.25) is 4.79 Å². The molecule has 0 aromatic heterocycles. The standard InChI is InChI=1S/C12H23NO4/c1-12(13,11(14)15)5-2-3-6-16-8-10-4-7-17-9-10/h10H,2-9,13H2,1H3,(H,14,15). The van der Waals surface area contributed by atoms with Gasteiger partial charge in [0.05, 0.1) is 13.2 Å². The first-order valence-corrected chi connectivity index (χ1v) is 6.20. The molecular formula is C12H23NO4. The van der Waals surface area contributed by atoms with E-state index in [1.54, 1.807) is 6.92 Å². The second-order valence-corrected chi connectivity index (χ2v) is 4.98. The van der Waals surface area contributed by atoms with Crippen LogP contribution in [0.3, 0.4) is 0 Å². The Balaban J connectivity index is 1.95. The van der Waals surface area contributed by atoms with Crippen molar-refractivity contribution in [1.29, 1.82) is 0 Å². The van der Waals surface area contributed by atoms with Gasteiger partial charge >= 0.3 is 5.97 Å². The number of hydrogen-bond donors (Lipinski definition) is 2. The lowest BCUT2D eigenvalue weighted by Crippen LogP contribution is -2.44. The molecule has 0 radical (unpaired) electrons. The zero-order valence-corrected chi connectivity index (χ0v) is 10.5. The first kappa shape index (κ1) is 14.4. The van der Waals surface area contributed by atoms with E-state index >= 15 is 0 Å². The lowest BCUT2D eigenvalue weighted by molar-refractivity contribution is -0.142. The van der Waals surface area contributed by atoms with E-state index in [4.69, 9.17) is 20.3 Å². The van der Waals surface area contributed by atoms with Crippen LogP contribution in [0.25, 0.3) is 0 Å². The molecule has 100 valence electrons. The van der Waals surface area contributed by atoms with Crippen LogP contribution in [0.15, 0.2) is 0 Å². The van der Waals surface area contributed by atoms with Gasteiger partial charge in [-0.05, 0) is 32.6 Å². The largest absolute Gasteiger partial charge is 0.480 e. The van der Waals surface area contributed by atoms with Crippen LogP contribution >= 0.6 is 0 Å². The summed E-state index contributed by atoms with van der Waals surface area (Å²) >= 11 is 0. The van der Waals surface area contributed by atoms with Crippen LogP contribution in [-0.4, -0.2) is 43.0 Å². The third kappa shape index (κ3) is 5.48. The predicted octanol–water partition coefficient (Wildman–Crippen LogP) is 1.01. The molecule has 0 aliphatic carbocycles. The van der Waals surface area contributed by atoms with Gasteiger partial charge in [-0.25, -0.2) is 0 Å². The van der Waals surface area contributed by atoms with E-state index in [1.807, 2.05) is 0 Å². The highest BCUT2D eigenvalue weighted by Crippen LogP contribution is 2.13. The third-order valence-corrected chi connectivity index (χ3v) is 3.10. The van der Waals surface area contributed by atoms with Gasteiger partial charge in [0.15, 0.2) is 0 Å². The molecule has 1 aliphatic rings. The number of hydrogen-bond acceptors (Lipinski definition) is 4. The summed E-state index contributed by atoms with van der Waals surface area (Å²) in [6.45, 7) is 4.62. The minimum atomic E-state index is -1.11. The topological polar surface area (TPSA) is 81.8 Å². The second kappa shape index (κ2) is 6.93. The summed E-state index contributed by atoms with van der Waals surface area (Å²) < 4.78 is 10.8. The van der Waals surface area contributed by atoms with Crippen molar-refractivity contribution in [3.8, 4) is 0 Å². The van der Waals surface area contributed by atoms with Crippen LogP contribution in [0.1, 0.15) is 32.6 Å². The fourth-order valence-corrected chi connectivity index (χ4v) is 1.77. The molecule has 0 aromatic rings. The minimum absolute atomic E-state index is 0.484. The van der Waals surface area contributed by atoms with Crippen molar-refractivity contribution in [3.05, 3.63) is 0 Å². The zero-order valence-electron chi connectivity index (χ0n) is 10.5. The van der Waals surface area contributed by atoms with E-state index in [9.17, 15) is 4.79 Å². The van der Waals surface area contributed by atoms with Crippen LogP contribution in [0.5, 0.6) is 0 Å². The summed E-state index contributed by atoms with van der Waals surface area (Å²) in [5.74, 6) is -0.407. The summed E-state index contributed by atoms with van der Waals surface area (Å²) in [6.07, 6.45) is 3.20. The van der Waals surface area contributed by atoms with Gasteiger partial charge in [0.25, 0.3) is 0 Å². The summed E-state index contributed by atoms with van der Waals surface area (Å²) in [5.41, 5.74) is 4.51. The first-order chi connectivity index (χ1) is 8.02. The van der Waals surface area contributed by atoms with Crippen molar-refractivity contribution in [2.75, 3.05) is 26.4 Å². The molecule has 17 heavy (non-hydrogen) atoms. The number of unbranched alkanes of at least 4 members (excludes halogenated alkanes) is 1. The molecule has 5 heteroatoms. The number of aliphatic carboxylic acids is 1. The molecule has 1 aliphatic heterocycles. The normalized spacial score (nSPS) is 23.5. The maximum absolute atomic E-state index is 10.7. The summed E-state index contributed by atoms with van der Waals surface area (Å²) in [6, 6.07) is 0. The van der Waals surface area contributed by atoms with Gasteiger partial charge in [0, 0.05) is 19.1 Å². The van der Waals surface area contributed by atoms with Gasteiger partial charge in [0.2, 0.25) is 0 Å². The number of carboxylic acid groups (broad SMARTS) is 1. The highest BCUT2D eigenvalue weighted by atomic mass is 16.5. The Morgan fingerprint density at radius 3 is 2.94 bits per heavy atom. The Hall–Kier alpha value is -0.650. The van der Waals surface area contributed by atoms with Gasteiger partial charge in [0.1, 0.15) is 5.54 Å². The van der Waals surface area contributed by atoms with Gasteiger partial charge in [-0.15, -0.1) is 0 Å². The van der Waals surface area contributed by atoms with E-state index < -0.39 is 11.5 Å². The molecule has 1 fully saturated rings. The smallest absolute Gasteiger partial charge is 0.323 e. The SMILES string of the molecule is CC(N)(CCCCOCC1CCOC1)C(=O)O. The highest BCUT2D eigenvalue weighted by Gasteiger charge is 2.26. The number of nitrogens with two attached hydrogens (primary N) is 1. The van der Waals surface area contributed by atoms with Crippen LogP contribution in [0.4, 0.5) is 0 Å². The van der Waals surface area contributed by atoms with Crippen molar-refractivity contribution < 1.29 is 19.4 Å². The van der Waals surface area contributed by atoms with E-state index in [2.05, 4.69) is 0 Å². The van der Waals surface area contributed by atoms with E-state index in [0.717, 1.165) is 39.1 Å². The van der Waals surface area contributed by atoms with Gasteiger partial charge in [-0.2, -0.15) is 0 Å². The van der Waals surface area contributed by atoms with Crippen molar-refractivity contribution in [3.63, 3.8) is 0 Å². The Kier molecular flexibility index (Phi) is 5.88. The van der Waals surface area contributed by atoms with Gasteiger partial charge < -0.3 is 20.3 Å². The Labute approximate surface area is 102 Å². The predicted molar refractivity (Wildman–Crippen MR) is 63.8 cm³/mol. The summed E-state index contributed by atoms with van der Waals surface area (Å²) in [4.78, 5) is 10.7. The fourth-order valence-electron chi connectivity index (χ4n) is 1.77. The molecule has 1 heterocycles. The molecule has 0 bridgehead atoms. The number of carboxylic acids is 1. The first-order valence-electron chi connectivity index (χ1n) is 6.20. The molecule has 0 saturated carbocycles. The Morgan fingerprint density at radius 2 is 2.35 bits per heavy atom. The Morgan fingerprint density at radius 1 is 1.59 bits per heavy atom. The Bertz CT molecular complexity index is 237. The summed E-state index contributed by atoms with van der Waals surface area (Å²) in [7, 11) is 0. The molecule has 1 saturated heterocycles. The average Bonchev–Trinajstić information content (AvgIpc) is 2.75. The molecule has 1 rings (SSSR count). The molecule has 0 spiro atoms. The molecule has 0 aromatic carbocycles. The van der Waals surface area contributed by atoms with Crippen LogP contribution in [-0.2, 0) is 14.3 Å².